The third-order valence-electron chi connectivity index (χ3n) is 6.48. The number of halogens is 3. The first-order chi connectivity index (χ1) is 21.1. The van der Waals surface area contributed by atoms with Crippen LogP contribution >= 0.6 is 11.8 Å². The number of carbonyl (C=O) groups is 2. The number of carbonyl (C=O) groups excluding carboxylic acids is 2. The molecule has 1 atom stereocenters. The number of hydrogen-bond donors (Lipinski definition) is 2. The summed E-state index contributed by atoms with van der Waals surface area (Å²) in [6.07, 6.45) is -1.96. The number of benzene rings is 3. The zero-order chi connectivity index (χ0) is 31.3. The maximum absolute atomic E-state index is 12.8. The summed E-state index contributed by atoms with van der Waals surface area (Å²) >= 11 is 1.23. The van der Waals surface area contributed by atoms with Crippen molar-refractivity contribution in [2.24, 2.45) is 9.98 Å². The molecule has 0 radical (unpaired) electrons. The van der Waals surface area contributed by atoms with E-state index in [0.29, 0.717) is 22.3 Å². The minimum atomic E-state index is -4.76. The van der Waals surface area contributed by atoms with Crippen molar-refractivity contribution in [2.45, 2.75) is 39.2 Å². The molecule has 1 fully saturated rings. The van der Waals surface area contributed by atoms with Crippen LogP contribution in [0.2, 0.25) is 0 Å². The third-order valence-corrected chi connectivity index (χ3v) is 7.40. The zero-order valence-corrected chi connectivity index (χ0v) is 24.6. The molecule has 0 aliphatic carbocycles. The Bertz CT molecular complexity index is 1560. The van der Waals surface area contributed by atoms with Crippen molar-refractivity contribution in [3.05, 3.63) is 77.9 Å². The van der Waals surface area contributed by atoms with Crippen LogP contribution in [-0.2, 0) is 11.2 Å². The number of rotatable bonds is 9. The molecule has 2 N–H and O–H groups in total. The van der Waals surface area contributed by atoms with Crippen molar-refractivity contribution >= 4 is 52.3 Å². The maximum Gasteiger partial charge on any atom is 0.573 e. The van der Waals surface area contributed by atoms with Crippen LogP contribution in [0.5, 0.6) is 11.5 Å². The number of hydrazine groups is 1. The quantitative estimate of drug-likeness (QED) is 0.288. The van der Waals surface area contributed by atoms with Crippen LogP contribution in [0.4, 0.5) is 35.0 Å². The highest BCUT2D eigenvalue weighted by molar-refractivity contribution is 8.15. The van der Waals surface area contributed by atoms with Crippen molar-refractivity contribution < 1.29 is 32.2 Å². The van der Waals surface area contributed by atoms with Gasteiger partial charge in [-0.05, 0) is 79.1 Å². The monoisotopic (exact) mass is 626 g/mol. The number of thioether (sulfide) groups is 1. The second kappa shape index (κ2) is 13.4. The fourth-order valence-electron chi connectivity index (χ4n) is 4.50. The Balaban J connectivity index is 1.13. The first-order valence-electron chi connectivity index (χ1n) is 13.7. The number of aliphatic imine (C=N–C) groups is 2. The summed E-state index contributed by atoms with van der Waals surface area (Å²) in [4.78, 5) is 35.5. The largest absolute Gasteiger partial charge is 0.573 e. The van der Waals surface area contributed by atoms with E-state index in [1.54, 1.807) is 29.3 Å². The van der Waals surface area contributed by atoms with Gasteiger partial charge in [0.15, 0.2) is 11.3 Å². The van der Waals surface area contributed by atoms with Gasteiger partial charge in [0.2, 0.25) is 5.91 Å². The summed E-state index contributed by atoms with van der Waals surface area (Å²) in [5.41, 5.74) is 6.93. The summed E-state index contributed by atoms with van der Waals surface area (Å²) in [5, 5.41) is 4.62. The molecule has 0 spiro atoms. The number of anilines is 3. The van der Waals surface area contributed by atoms with E-state index in [2.05, 4.69) is 32.4 Å². The average Bonchev–Trinajstić information content (AvgIpc) is 3.60. The van der Waals surface area contributed by atoms with Gasteiger partial charge in [-0.2, -0.15) is 4.99 Å². The van der Waals surface area contributed by atoms with E-state index in [1.807, 2.05) is 25.1 Å². The normalized spacial score (nSPS) is 17.4. The fourth-order valence-corrected chi connectivity index (χ4v) is 5.36. The summed E-state index contributed by atoms with van der Waals surface area (Å²) < 4.78 is 46.8. The molecular formula is C30H29F3N6O4S. The zero-order valence-electron chi connectivity index (χ0n) is 23.8. The molecule has 5 rings (SSSR count). The van der Waals surface area contributed by atoms with Crippen LogP contribution in [0.1, 0.15) is 24.5 Å². The van der Waals surface area contributed by atoms with E-state index >= 15 is 0 Å². The molecule has 0 saturated carbocycles. The molecule has 0 bridgehead atoms. The minimum absolute atomic E-state index is 0.122. The molecule has 1 unspecified atom stereocenters. The van der Waals surface area contributed by atoms with E-state index in [9.17, 15) is 22.8 Å². The van der Waals surface area contributed by atoms with Gasteiger partial charge in [-0.1, -0.05) is 37.2 Å². The van der Waals surface area contributed by atoms with Gasteiger partial charge in [0.25, 0.3) is 0 Å². The smallest absolute Gasteiger partial charge is 0.490 e. The molecule has 0 aromatic heterocycles. The number of nitrogens with zero attached hydrogens (tertiary/aromatic N) is 4. The molecule has 2 heterocycles. The molecule has 230 valence electrons. The number of alkyl halides is 3. The number of urea groups is 1. The van der Waals surface area contributed by atoms with Gasteiger partial charge >= 0.3 is 12.4 Å². The Kier molecular flexibility index (Phi) is 9.40. The van der Waals surface area contributed by atoms with Crippen molar-refractivity contribution in [1.82, 2.24) is 5.43 Å². The van der Waals surface area contributed by atoms with Gasteiger partial charge in [-0.3, -0.25) is 14.7 Å². The second-order valence-electron chi connectivity index (χ2n) is 9.88. The lowest BCUT2D eigenvalue weighted by Crippen LogP contribution is -2.39. The molecule has 10 nitrogen and oxygen atoms in total. The van der Waals surface area contributed by atoms with E-state index in [0.717, 1.165) is 29.7 Å². The molecule has 44 heavy (non-hydrogen) atoms. The molecule has 14 heteroatoms. The highest BCUT2D eigenvalue weighted by Crippen LogP contribution is 2.32. The molecule has 2 aliphatic rings. The van der Waals surface area contributed by atoms with E-state index in [1.165, 1.54) is 47.3 Å². The van der Waals surface area contributed by atoms with Crippen molar-refractivity contribution in [2.75, 3.05) is 27.6 Å². The van der Waals surface area contributed by atoms with Gasteiger partial charge in [-0.15, -0.1) is 13.2 Å². The standard InChI is InChI=1S/C30H29F3N6O4S/c1-3-4-20-6-5-19(2)15-25(20)39-27(40)17-44-29(39)36-28(41)35-21-7-11-23(12-8-21)42-16-26-34-18-38(37-26)22-9-13-24(14-10-22)43-30(31,32)33/h5-15,18,26,37H,3-4,16-17H2,1-2H3,(H,35,41)/b36-29-. The van der Waals surface area contributed by atoms with Crippen molar-refractivity contribution in [1.29, 1.82) is 0 Å². The number of ether oxygens (including phenoxy) is 2. The molecule has 2 aliphatic heterocycles. The van der Waals surface area contributed by atoms with Crippen molar-refractivity contribution in [3.63, 3.8) is 0 Å². The molecule has 1 saturated heterocycles. The Morgan fingerprint density at radius 3 is 2.55 bits per heavy atom. The van der Waals surface area contributed by atoms with Gasteiger partial charge < -0.3 is 14.8 Å². The Labute approximate surface area is 255 Å². The van der Waals surface area contributed by atoms with Crippen molar-refractivity contribution in [3.8, 4) is 11.5 Å². The summed E-state index contributed by atoms with van der Waals surface area (Å²) in [5.74, 6) is 0.300. The van der Waals surface area contributed by atoms with Crippen LogP contribution in [-0.4, -0.2) is 48.3 Å². The van der Waals surface area contributed by atoms with Crippen LogP contribution < -0.4 is 30.1 Å². The Morgan fingerprint density at radius 1 is 1.11 bits per heavy atom. The van der Waals surface area contributed by atoms with Gasteiger partial charge in [0.1, 0.15) is 24.4 Å². The van der Waals surface area contributed by atoms with E-state index in [4.69, 9.17) is 4.74 Å². The topological polar surface area (TPSA) is 108 Å². The van der Waals surface area contributed by atoms with Gasteiger partial charge in [0.05, 0.1) is 17.1 Å². The average molecular weight is 627 g/mol. The van der Waals surface area contributed by atoms with E-state index < -0.39 is 18.6 Å². The number of nitrogens with one attached hydrogen (secondary N) is 2. The van der Waals surface area contributed by atoms with Crippen LogP contribution in [0.25, 0.3) is 0 Å². The lowest BCUT2D eigenvalue weighted by molar-refractivity contribution is -0.274. The number of amidine groups is 1. The first kappa shape index (κ1) is 30.9. The number of amides is 3. The van der Waals surface area contributed by atoms with Gasteiger partial charge in [-0.25, -0.2) is 15.2 Å². The first-order valence-corrected chi connectivity index (χ1v) is 14.7. The summed E-state index contributed by atoms with van der Waals surface area (Å²) in [6.45, 7) is 4.20. The predicted molar refractivity (Wildman–Crippen MR) is 165 cm³/mol. The van der Waals surface area contributed by atoms with Crippen LogP contribution in [0.3, 0.4) is 0 Å². The molecular weight excluding hydrogens is 597 g/mol. The number of hydrogen-bond acceptors (Lipinski definition) is 8. The lowest BCUT2D eigenvalue weighted by Gasteiger charge is -2.20. The SMILES string of the molecule is CCCc1ccc(C)cc1N1C(=O)CS/C1=N\C(=O)Nc1ccc(OCC2N=CN(c3ccc(OC(F)(F)F)cc3)N2)cc1. The molecule has 3 aromatic rings. The maximum atomic E-state index is 12.8. The lowest BCUT2D eigenvalue weighted by atomic mass is 10.0. The van der Waals surface area contributed by atoms with Crippen LogP contribution in [0.15, 0.2) is 76.7 Å². The Morgan fingerprint density at radius 2 is 1.84 bits per heavy atom. The summed E-state index contributed by atoms with van der Waals surface area (Å²) in [6, 6.07) is 17.4. The second-order valence-corrected chi connectivity index (χ2v) is 10.8. The van der Waals surface area contributed by atoms with Gasteiger partial charge in [0, 0.05) is 5.69 Å². The molecule has 3 aromatic carbocycles. The number of aryl methyl sites for hydroxylation is 2. The minimum Gasteiger partial charge on any atom is -0.490 e. The predicted octanol–water partition coefficient (Wildman–Crippen LogP) is 6.27. The van der Waals surface area contributed by atoms with Crippen LogP contribution in [0, 0.1) is 6.92 Å². The fraction of sp³-hybridized carbons (Fsp3) is 0.267. The Hall–Kier alpha value is -4.56. The van der Waals surface area contributed by atoms with E-state index in [-0.39, 0.29) is 24.0 Å². The molecule has 3 amide bonds. The highest BCUT2D eigenvalue weighted by atomic mass is 32.2. The highest BCUT2D eigenvalue weighted by Gasteiger charge is 2.32. The summed E-state index contributed by atoms with van der Waals surface area (Å²) in [7, 11) is 0. The third kappa shape index (κ3) is 7.88.